The van der Waals surface area contributed by atoms with Crippen LogP contribution in [0.5, 0.6) is 5.75 Å². The number of carbonyl (C=O) groups is 2. The lowest BCUT2D eigenvalue weighted by Crippen LogP contribution is -2.37. The van der Waals surface area contributed by atoms with Gasteiger partial charge < -0.3 is 14.8 Å². The van der Waals surface area contributed by atoms with E-state index in [-0.39, 0.29) is 18.3 Å². The highest BCUT2D eigenvalue weighted by atomic mass is 35.5. The molecule has 0 radical (unpaired) electrons. The van der Waals surface area contributed by atoms with Gasteiger partial charge in [-0.25, -0.2) is 4.79 Å². The molecule has 6 heteroatoms. The van der Waals surface area contributed by atoms with Crippen LogP contribution in [0.1, 0.15) is 49.7 Å². The van der Waals surface area contributed by atoms with Gasteiger partial charge in [-0.15, -0.1) is 0 Å². The maximum absolute atomic E-state index is 13.3. The first kappa shape index (κ1) is 22.2. The van der Waals surface area contributed by atoms with Gasteiger partial charge in [-0.2, -0.15) is 0 Å². The number of hydrogen-bond donors (Lipinski definition) is 1. The molecule has 1 N–H and O–H groups in total. The minimum atomic E-state index is -0.530. The van der Waals surface area contributed by atoms with Crippen molar-refractivity contribution in [1.29, 1.82) is 0 Å². The number of ketones is 1. The van der Waals surface area contributed by atoms with Crippen LogP contribution in [0.3, 0.4) is 0 Å². The first-order chi connectivity index (χ1) is 15.4. The number of halogens is 1. The fourth-order valence-corrected chi connectivity index (χ4v) is 4.86. The van der Waals surface area contributed by atoms with E-state index in [0.29, 0.717) is 34.7 Å². The minimum absolute atomic E-state index is 0.00832. The van der Waals surface area contributed by atoms with Crippen LogP contribution in [0.2, 0.25) is 5.02 Å². The summed E-state index contributed by atoms with van der Waals surface area (Å²) in [6.45, 7) is 3.89. The number of rotatable bonds is 5. The van der Waals surface area contributed by atoms with E-state index < -0.39 is 11.9 Å². The molecule has 0 aromatic heterocycles. The number of nitrogens with one attached hydrogen (secondary N) is 1. The minimum Gasteiger partial charge on any atom is -0.497 e. The molecule has 0 saturated carbocycles. The van der Waals surface area contributed by atoms with Crippen LogP contribution < -0.4 is 10.1 Å². The van der Waals surface area contributed by atoms with Gasteiger partial charge in [0.15, 0.2) is 5.78 Å². The van der Waals surface area contributed by atoms with Crippen molar-refractivity contribution in [3.8, 4) is 5.75 Å². The summed E-state index contributed by atoms with van der Waals surface area (Å²) in [6.07, 6.45) is 1.10. The van der Waals surface area contributed by atoms with E-state index in [1.165, 1.54) is 0 Å². The summed E-state index contributed by atoms with van der Waals surface area (Å²) in [5, 5.41) is 3.96. The molecule has 0 bridgehead atoms. The molecule has 2 atom stereocenters. The predicted octanol–water partition coefficient (Wildman–Crippen LogP) is 5.27. The van der Waals surface area contributed by atoms with E-state index in [2.05, 4.69) is 5.32 Å². The molecule has 2 unspecified atom stereocenters. The normalized spacial score (nSPS) is 20.6. The van der Waals surface area contributed by atoms with Crippen LogP contribution in [-0.2, 0) is 14.3 Å². The largest absolute Gasteiger partial charge is 0.497 e. The van der Waals surface area contributed by atoms with Gasteiger partial charge in [0, 0.05) is 40.2 Å². The average Bonchev–Trinajstić information content (AvgIpc) is 2.78. The molecule has 2 aliphatic rings. The molecule has 1 heterocycles. The quantitative estimate of drug-likeness (QED) is 0.627. The van der Waals surface area contributed by atoms with Gasteiger partial charge in [0.05, 0.1) is 19.3 Å². The smallest absolute Gasteiger partial charge is 0.336 e. The Morgan fingerprint density at radius 1 is 1.16 bits per heavy atom. The number of Topliss-reactive ketones (excluding diaryl/α,β-unsaturated/α-hetero) is 1. The van der Waals surface area contributed by atoms with E-state index in [4.69, 9.17) is 21.1 Å². The highest BCUT2D eigenvalue weighted by molar-refractivity contribution is 6.30. The molecule has 5 nitrogen and oxygen atoms in total. The van der Waals surface area contributed by atoms with Crippen molar-refractivity contribution in [3.05, 3.63) is 87.2 Å². The number of dihydropyridines is 1. The summed E-state index contributed by atoms with van der Waals surface area (Å²) in [5.41, 5.74) is 4.51. The molecule has 4 rings (SSSR count). The fourth-order valence-electron chi connectivity index (χ4n) is 4.66. The van der Waals surface area contributed by atoms with E-state index in [1.807, 2.05) is 49.4 Å². The molecule has 32 heavy (non-hydrogen) atoms. The number of allylic oxidation sites excluding steroid dienone is 3. The van der Waals surface area contributed by atoms with Gasteiger partial charge in [0.2, 0.25) is 0 Å². The van der Waals surface area contributed by atoms with Crippen molar-refractivity contribution in [1.82, 2.24) is 5.32 Å². The van der Waals surface area contributed by atoms with Crippen molar-refractivity contribution in [2.75, 3.05) is 13.7 Å². The zero-order valence-electron chi connectivity index (χ0n) is 18.4. The van der Waals surface area contributed by atoms with Crippen molar-refractivity contribution in [2.24, 2.45) is 0 Å². The van der Waals surface area contributed by atoms with Gasteiger partial charge in [-0.05, 0) is 55.7 Å². The molecule has 0 amide bonds. The first-order valence-electron chi connectivity index (χ1n) is 10.8. The number of methoxy groups -OCH3 is 1. The van der Waals surface area contributed by atoms with Gasteiger partial charge in [-0.3, -0.25) is 4.79 Å². The van der Waals surface area contributed by atoms with Crippen molar-refractivity contribution in [2.45, 2.75) is 38.5 Å². The van der Waals surface area contributed by atoms with Crippen LogP contribution in [0.15, 0.2) is 71.1 Å². The topological polar surface area (TPSA) is 64.6 Å². The van der Waals surface area contributed by atoms with Gasteiger partial charge in [0.25, 0.3) is 0 Å². The third kappa shape index (κ3) is 4.05. The Hall–Kier alpha value is -3.05. The van der Waals surface area contributed by atoms with E-state index >= 15 is 0 Å². The van der Waals surface area contributed by atoms with Gasteiger partial charge >= 0.3 is 5.97 Å². The van der Waals surface area contributed by atoms with Crippen LogP contribution in [0.25, 0.3) is 0 Å². The first-order valence-corrected chi connectivity index (χ1v) is 11.1. The van der Waals surface area contributed by atoms with Crippen LogP contribution in [0, 0.1) is 0 Å². The summed E-state index contributed by atoms with van der Waals surface area (Å²) in [7, 11) is 1.64. The Balaban J connectivity index is 1.88. The molecule has 2 aromatic carbocycles. The molecular weight excluding hydrogens is 426 g/mol. The lowest BCUT2D eigenvalue weighted by molar-refractivity contribution is -0.138. The molecule has 166 valence electrons. The fraction of sp³-hybridized carbons (Fsp3) is 0.308. The lowest BCUT2D eigenvalue weighted by atomic mass is 9.71. The second-order valence-corrected chi connectivity index (χ2v) is 8.42. The van der Waals surface area contributed by atoms with Crippen LogP contribution >= 0.6 is 11.6 Å². The summed E-state index contributed by atoms with van der Waals surface area (Å²) >= 11 is 6.29. The second kappa shape index (κ2) is 9.21. The van der Waals surface area contributed by atoms with Crippen molar-refractivity contribution < 1.29 is 19.1 Å². The summed E-state index contributed by atoms with van der Waals surface area (Å²) in [5.74, 6) is -0.125. The number of esters is 1. The summed E-state index contributed by atoms with van der Waals surface area (Å²) in [6, 6.07) is 15.3. The molecule has 0 spiro atoms. The third-order valence-corrected chi connectivity index (χ3v) is 6.33. The van der Waals surface area contributed by atoms with E-state index in [0.717, 1.165) is 22.6 Å². The van der Waals surface area contributed by atoms with E-state index in [9.17, 15) is 9.59 Å². The van der Waals surface area contributed by atoms with E-state index in [1.54, 1.807) is 20.1 Å². The molecule has 1 aliphatic carbocycles. The maximum Gasteiger partial charge on any atom is 0.336 e. The van der Waals surface area contributed by atoms with Crippen molar-refractivity contribution >= 4 is 23.4 Å². The number of ether oxygens (including phenoxy) is 2. The average molecular weight is 452 g/mol. The molecule has 1 aliphatic heterocycles. The lowest BCUT2D eigenvalue weighted by Gasteiger charge is -2.38. The van der Waals surface area contributed by atoms with Gasteiger partial charge in [-0.1, -0.05) is 35.9 Å². The Morgan fingerprint density at radius 3 is 2.56 bits per heavy atom. The Labute approximate surface area is 193 Å². The molecule has 2 aromatic rings. The number of benzene rings is 2. The predicted molar refractivity (Wildman–Crippen MR) is 124 cm³/mol. The third-order valence-electron chi connectivity index (χ3n) is 6.10. The van der Waals surface area contributed by atoms with Gasteiger partial charge in [0.1, 0.15) is 5.75 Å². The monoisotopic (exact) mass is 451 g/mol. The summed E-state index contributed by atoms with van der Waals surface area (Å²) < 4.78 is 10.7. The highest BCUT2D eigenvalue weighted by Crippen LogP contribution is 2.47. The number of carbonyl (C=O) groups excluding carboxylic acids is 2. The highest BCUT2D eigenvalue weighted by Gasteiger charge is 2.42. The zero-order chi connectivity index (χ0) is 22.8. The molecule has 0 fully saturated rings. The zero-order valence-corrected chi connectivity index (χ0v) is 19.2. The Morgan fingerprint density at radius 2 is 1.91 bits per heavy atom. The Kier molecular flexibility index (Phi) is 6.38. The standard InChI is InChI=1S/C26H26ClNO4/c1-4-32-26(30)22-15(2)28-25-20(16-8-10-19(31-3)11-9-16)12-13-21(29)24(25)23(22)17-6-5-7-18(27)14-17/h5-11,14,20,23,28H,4,12-13H2,1-3H3. The maximum atomic E-state index is 13.3. The molecule has 0 saturated heterocycles. The number of hydrogen-bond acceptors (Lipinski definition) is 5. The van der Waals surface area contributed by atoms with Crippen molar-refractivity contribution in [3.63, 3.8) is 0 Å². The second-order valence-electron chi connectivity index (χ2n) is 7.99. The Bertz CT molecular complexity index is 1120. The SMILES string of the molecule is CCOC(=O)C1=C(C)NC2=C(C(=O)CCC2c2ccc(OC)cc2)C1c1cccc(Cl)c1. The molecular formula is C26H26ClNO4. The van der Waals surface area contributed by atoms with Crippen LogP contribution in [-0.4, -0.2) is 25.5 Å². The van der Waals surface area contributed by atoms with Crippen LogP contribution in [0.4, 0.5) is 0 Å². The summed E-state index contributed by atoms with van der Waals surface area (Å²) in [4.78, 5) is 26.3.